The Bertz CT molecular complexity index is 348. The molecule has 1 rings (SSSR count). The highest BCUT2D eigenvalue weighted by molar-refractivity contribution is 9.10. The standard InChI is InChI=1S/C15H24BrN/c1-10(2)6-5-7-14(17)13-8-11(3)15(16)12(4)9-13/h8-10,14H,5-7,17H2,1-4H3. The zero-order chi connectivity index (χ0) is 13.0. The van der Waals surface area contributed by atoms with E-state index in [2.05, 4.69) is 55.8 Å². The Kier molecular flexibility index (Phi) is 5.68. The lowest BCUT2D eigenvalue weighted by molar-refractivity contribution is 0.505. The molecule has 0 saturated carbocycles. The van der Waals surface area contributed by atoms with Crippen molar-refractivity contribution in [3.63, 3.8) is 0 Å². The summed E-state index contributed by atoms with van der Waals surface area (Å²) in [6, 6.07) is 4.59. The summed E-state index contributed by atoms with van der Waals surface area (Å²) in [5.41, 5.74) is 10.1. The third-order valence-corrected chi connectivity index (χ3v) is 4.43. The van der Waals surface area contributed by atoms with Crippen molar-refractivity contribution in [2.45, 2.75) is 53.0 Å². The largest absolute Gasteiger partial charge is 0.324 e. The van der Waals surface area contributed by atoms with Crippen LogP contribution in [0.15, 0.2) is 16.6 Å². The van der Waals surface area contributed by atoms with Gasteiger partial charge in [0.1, 0.15) is 0 Å². The second-order valence-electron chi connectivity index (χ2n) is 5.40. The summed E-state index contributed by atoms with van der Waals surface area (Å²) in [6.07, 6.45) is 3.56. The second kappa shape index (κ2) is 6.55. The first-order valence-electron chi connectivity index (χ1n) is 6.44. The van der Waals surface area contributed by atoms with Crippen LogP contribution in [0.3, 0.4) is 0 Å². The fraction of sp³-hybridized carbons (Fsp3) is 0.600. The molecule has 0 amide bonds. The quantitative estimate of drug-likeness (QED) is 0.822. The van der Waals surface area contributed by atoms with Gasteiger partial charge in [-0.15, -0.1) is 0 Å². The molecule has 0 heterocycles. The Morgan fingerprint density at radius 1 is 1.12 bits per heavy atom. The molecule has 0 bridgehead atoms. The number of halogens is 1. The maximum absolute atomic E-state index is 6.25. The van der Waals surface area contributed by atoms with E-state index in [0.717, 1.165) is 12.3 Å². The van der Waals surface area contributed by atoms with Gasteiger partial charge < -0.3 is 5.73 Å². The lowest BCUT2D eigenvalue weighted by Gasteiger charge is -2.15. The fourth-order valence-corrected chi connectivity index (χ4v) is 2.34. The van der Waals surface area contributed by atoms with Crippen LogP contribution in [0.2, 0.25) is 0 Å². The first kappa shape index (κ1) is 14.7. The van der Waals surface area contributed by atoms with Crippen molar-refractivity contribution in [3.8, 4) is 0 Å². The predicted molar refractivity (Wildman–Crippen MR) is 79.2 cm³/mol. The number of aryl methyl sites for hydroxylation is 2. The van der Waals surface area contributed by atoms with E-state index in [9.17, 15) is 0 Å². The van der Waals surface area contributed by atoms with E-state index in [0.29, 0.717) is 0 Å². The molecule has 0 saturated heterocycles. The molecule has 1 atom stereocenters. The van der Waals surface area contributed by atoms with E-state index in [1.165, 1.54) is 34.0 Å². The SMILES string of the molecule is Cc1cc(C(N)CCCC(C)C)cc(C)c1Br. The summed E-state index contributed by atoms with van der Waals surface area (Å²) in [7, 11) is 0. The van der Waals surface area contributed by atoms with Crippen LogP contribution in [0, 0.1) is 19.8 Å². The van der Waals surface area contributed by atoms with Gasteiger partial charge in [0.05, 0.1) is 0 Å². The highest BCUT2D eigenvalue weighted by Crippen LogP contribution is 2.27. The fourth-order valence-electron chi connectivity index (χ4n) is 2.11. The average molecular weight is 298 g/mol. The molecule has 0 radical (unpaired) electrons. The third kappa shape index (κ3) is 4.44. The number of hydrogen-bond donors (Lipinski definition) is 1. The molecule has 0 aliphatic heterocycles. The van der Waals surface area contributed by atoms with E-state index in [1.807, 2.05) is 0 Å². The zero-order valence-corrected chi connectivity index (χ0v) is 13.0. The molecular weight excluding hydrogens is 274 g/mol. The molecule has 0 aromatic heterocycles. The van der Waals surface area contributed by atoms with Crippen molar-refractivity contribution in [2.75, 3.05) is 0 Å². The van der Waals surface area contributed by atoms with Crippen molar-refractivity contribution >= 4 is 15.9 Å². The topological polar surface area (TPSA) is 26.0 Å². The first-order valence-corrected chi connectivity index (χ1v) is 7.23. The molecule has 2 N–H and O–H groups in total. The second-order valence-corrected chi connectivity index (χ2v) is 6.19. The van der Waals surface area contributed by atoms with Crippen LogP contribution >= 0.6 is 15.9 Å². The van der Waals surface area contributed by atoms with Crippen molar-refractivity contribution in [1.82, 2.24) is 0 Å². The van der Waals surface area contributed by atoms with Gasteiger partial charge in [0.15, 0.2) is 0 Å². The summed E-state index contributed by atoms with van der Waals surface area (Å²) < 4.78 is 1.20. The van der Waals surface area contributed by atoms with Crippen LogP contribution in [0.25, 0.3) is 0 Å². The summed E-state index contributed by atoms with van der Waals surface area (Å²) in [5.74, 6) is 0.774. The minimum atomic E-state index is 0.180. The lowest BCUT2D eigenvalue weighted by atomic mass is 9.96. The van der Waals surface area contributed by atoms with E-state index in [4.69, 9.17) is 5.73 Å². The molecule has 17 heavy (non-hydrogen) atoms. The highest BCUT2D eigenvalue weighted by Gasteiger charge is 2.09. The van der Waals surface area contributed by atoms with Gasteiger partial charge in [-0.25, -0.2) is 0 Å². The molecule has 0 fully saturated rings. The van der Waals surface area contributed by atoms with Gasteiger partial charge in [-0.3, -0.25) is 0 Å². The summed E-state index contributed by atoms with van der Waals surface area (Å²) in [4.78, 5) is 0. The minimum absolute atomic E-state index is 0.180. The molecule has 1 aromatic rings. The van der Waals surface area contributed by atoms with Crippen molar-refractivity contribution in [2.24, 2.45) is 11.7 Å². The van der Waals surface area contributed by atoms with Crippen LogP contribution < -0.4 is 5.73 Å². The Morgan fingerprint density at radius 3 is 2.12 bits per heavy atom. The zero-order valence-electron chi connectivity index (χ0n) is 11.4. The normalized spacial score (nSPS) is 13.1. The van der Waals surface area contributed by atoms with Gasteiger partial charge >= 0.3 is 0 Å². The van der Waals surface area contributed by atoms with Crippen LogP contribution in [0.5, 0.6) is 0 Å². The molecule has 1 aromatic carbocycles. The Hall–Kier alpha value is -0.340. The average Bonchev–Trinajstić information content (AvgIpc) is 2.24. The van der Waals surface area contributed by atoms with Gasteiger partial charge in [-0.2, -0.15) is 0 Å². The van der Waals surface area contributed by atoms with Gasteiger partial charge in [-0.1, -0.05) is 54.8 Å². The highest BCUT2D eigenvalue weighted by atomic mass is 79.9. The van der Waals surface area contributed by atoms with Crippen LogP contribution in [-0.2, 0) is 0 Å². The molecule has 0 spiro atoms. The molecule has 0 aliphatic rings. The summed E-state index contributed by atoms with van der Waals surface area (Å²) in [5, 5.41) is 0. The van der Waals surface area contributed by atoms with E-state index >= 15 is 0 Å². The van der Waals surface area contributed by atoms with Gasteiger partial charge in [0, 0.05) is 10.5 Å². The maximum Gasteiger partial charge on any atom is 0.0295 e. The van der Waals surface area contributed by atoms with Gasteiger partial charge in [0.2, 0.25) is 0 Å². The number of benzene rings is 1. The van der Waals surface area contributed by atoms with E-state index in [1.54, 1.807) is 0 Å². The number of rotatable bonds is 5. The molecular formula is C15H24BrN. The van der Waals surface area contributed by atoms with Crippen molar-refractivity contribution in [3.05, 3.63) is 33.3 Å². The maximum atomic E-state index is 6.25. The summed E-state index contributed by atoms with van der Waals surface area (Å²) >= 11 is 3.59. The Labute approximate surface area is 114 Å². The first-order chi connectivity index (χ1) is 7.91. The van der Waals surface area contributed by atoms with Crippen LogP contribution in [-0.4, -0.2) is 0 Å². The monoisotopic (exact) mass is 297 g/mol. The van der Waals surface area contributed by atoms with Gasteiger partial charge in [-0.05, 0) is 42.9 Å². The molecule has 2 heteroatoms. The summed E-state index contributed by atoms with van der Waals surface area (Å²) in [6.45, 7) is 8.78. The third-order valence-electron chi connectivity index (χ3n) is 3.18. The lowest BCUT2D eigenvalue weighted by Crippen LogP contribution is -2.11. The smallest absolute Gasteiger partial charge is 0.0295 e. The minimum Gasteiger partial charge on any atom is -0.324 e. The molecule has 1 unspecified atom stereocenters. The van der Waals surface area contributed by atoms with Crippen molar-refractivity contribution in [1.29, 1.82) is 0 Å². The Morgan fingerprint density at radius 2 is 1.65 bits per heavy atom. The number of hydrogen-bond acceptors (Lipinski definition) is 1. The molecule has 1 nitrogen and oxygen atoms in total. The van der Waals surface area contributed by atoms with E-state index < -0.39 is 0 Å². The molecule has 0 aliphatic carbocycles. The van der Waals surface area contributed by atoms with Gasteiger partial charge in [0.25, 0.3) is 0 Å². The van der Waals surface area contributed by atoms with Crippen molar-refractivity contribution < 1.29 is 0 Å². The molecule has 96 valence electrons. The predicted octanol–water partition coefficient (Wildman–Crippen LogP) is 4.89. The van der Waals surface area contributed by atoms with Crippen LogP contribution in [0.1, 0.15) is 55.8 Å². The number of nitrogens with two attached hydrogens (primary N) is 1. The van der Waals surface area contributed by atoms with Crippen LogP contribution in [0.4, 0.5) is 0 Å². The Balaban J connectivity index is 2.66. The van der Waals surface area contributed by atoms with E-state index in [-0.39, 0.29) is 6.04 Å².